The first kappa shape index (κ1) is 17.7. The van der Waals surface area contributed by atoms with Gasteiger partial charge in [0.15, 0.2) is 0 Å². The van der Waals surface area contributed by atoms with Gasteiger partial charge in [-0.2, -0.15) is 10.5 Å². The molecule has 0 fully saturated rings. The normalized spacial score (nSPS) is 9.71. The van der Waals surface area contributed by atoms with E-state index < -0.39 is 0 Å². The molecule has 0 unspecified atom stereocenters. The molecular formula is C14H13Cl2N3OS. The first-order valence-corrected chi connectivity index (χ1v) is 7.92. The molecule has 21 heavy (non-hydrogen) atoms. The van der Waals surface area contributed by atoms with Crippen LogP contribution in [0.15, 0.2) is 23.1 Å². The highest BCUT2D eigenvalue weighted by Crippen LogP contribution is 2.33. The molecular weight excluding hydrogens is 329 g/mol. The van der Waals surface area contributed by atoms with Crippen molar-refractivity contribution in [3.8, 4) is 12.1 Å². The first-order valence-electron chi connectivity index (χ1n) is 6.18. The van der Waals surface area contributed by atoms with Gasteiger partial charge in [0.25, 0.3) is 0 Å². The maximum Gasteiger partial charge on any atom is 0.232 e. The summed E-state index contributed by atoms with van der Waals surface area (Å²) in [6, 6.07) is 9.15. The second-order valence-electron chi connectivity index (χ2n) is 4.04. The Morgan fingerprint density at radius 1 is 1.14 bits per heavy atom. The lowest BCUT2D eigenvalue weighted by Crippen LogP contribution is -2.34. The highest BCUT2D eigenvalue weighted by atomic mass is 35.5. The van der Waals surface area contributed by atoms with Gasteiger partial charge in [-0.1, -0.05) is 29.3 Å². The lowest BCUT2D eigenvalue weighted by atomic mass is 10.3. The minimum Gasteiger partial charge on any atom is -0.340 e. The van der Waals surface area contributed by atoms with Crippen LogP contribution in [0.2, 0.25) is 10.0 Å². The summed E-state index contributed by atoms with van der Waals surface area (Å²) in [6.45, 7) is 0.654. The molecule has 1 rings (SSSR count). The molecule has 1 aromatic rings. The molecule has 0 radical (unpaired) electrons. The minimum atomic E-state index is -0.138. The number of benzene rings is 1. The number of amides is 1. The van der Waals surface area contributed by atoms with Crippen LogP contribution in [-0.4, -0.2) is 29.6 Å². The molecule has 7 heteroatoms. The molecule has 0 aliphatic rings. The zero-order chi connectivity index (χ0) is 15.7. The number of nitrogens with zero attached hydrogens (tertiary/aromatic N) is 3. The van der Waals surface area contributed by atoms with Crippen molar-refractivity contribution in [1.29, 1.82) is 10.5 Å². The Bertz CT molecular complexity index is 542. The van der Waals surface area contributed by atoms with Crippen LogP contribution in [-0.2, 0) is 4.79 Å². The van der Waals surface area contributed by atoms with E-state index in [-0.39, 0.29) is 24.5 Å². The molecule has 0 spiro atoms. The third kappa shape index (κ3) is 5.85. The van der Waals surface area contributed by atoms with Crippen molar-refractivity contribution in [1.82, 2.24) is 4.90 Å². The van der Waals surface area contributed by atoms with Crippen molar-refractivity contribution in [2.24, 2.45) is 0 Å². The minimum absolute atomic E-state index is 0.138. The van der Waals surface area contributed by atoms with Crippen LogP contribution < -0.4 is 0 Å². The zero-order valence-corrected chi connectivity index (χ0v) is 13.5. The van der Waals surface area contributed by atoms with Gasteiger partial charge in [-0.05, 0) is 12.1 Å². The number of thioether (sulfide) groups is 1. The third-order valence-electron chi connectivity index (χ3n) is 2.60. The Kier molecular flexibility index (Phi) is 8.00. The second-order valence-corrected chi connectivity index (χ2v) is 5.84. The van der Waals surface area contributed by atoms with E-state index in [4.69, 9.17) is 33.7 Å². The van der Waals surface area contributed by atoms with Crippen molar-refractivity contribution in [3.63, 3.8) is 0 Å². The molecule has 0 aliphatic heterocycles. The zero-order valence-electron chi connectivity index (χ0n) is 11.2. The molecule has 110 valence electrons. The number of hydrogen-bond acceptors (Lipinski definition) is 4. The second kappa shape index (κ2) is 9.52. The number of hydrogen-bond donors (Lipinski definition) is 0. The SMILES string of the molecule is N#CCCN(CCC#N)C(=O)CSc1c(Cl)cccc1Cl. The van der Waals surface area contributed by atoms with Crippen LogP contribution in [0, 0.1) is 22.7 Å². The fourth-order valence-corrected chi connectivity index (χ4v) is 3.16. The Morgan fingerprint density at radius 2 is 1.67 bits per heavy atom. The number of rotatable bonds is 7. The van der Waals surface area contributed by atoms with Gasteiger partial charge in [0.2, 0.25) is 5.91 Å². The van der Waals surface area contributed by atoms with Gasteiger partial charge in [-0.15, -0.1) is 11.8 Å². The Balaban J connectivity index is 2.65. The largest absolute Gasteiger partial charge is 0.340 e. The maximum atomic E-state index is 12.2. The van der Waals surface area contributed by atoms with Crippen LogP contribution in [0.25, 0.3) is 0 Å². The number of carbonyl (C=O) groups excluding carboxylic acids is 1. The van der Waals surface area contributed by atoms with Crippen molar-refractivity contribution in [2.45, 2.75) is 17.7 Å². The fraction of sp³-hybridized carbons (Fsp3) is 0.357. The maximum absolute atomic E-state index is 12.2. The summed E-state index contributed by atoms with van der Waals surface area (Å²) in [7, 11) is 0. The van der Waals surface area contributed by atoms with Gasteiger partial charge in [-0.25, -0.2) is 0 Å². The molecule has 0 heterocycles. The summed E-state index contributed by atoms with van der Waals surface area (Å²) in [4.78, 5) is 14.3. The van der Waals surface area contributed by atoms with E-state index in [1.54, 1.807) is 18.2 Å². The molecule has 0 bridgehead atoms. The number of carbonyl (C=O) groups is 1. The molecule has 1 amide bonds. The topological polar surface area (TPSA) is 67.9 Å². The van der Waals surface area contributed by atoms with Crippen LogP contribution in [0.3, 0.4) is 0 Å². The van der Waals surface area contributed by atoms with Crippen molar-refractivity contribution >= 4 is 40.9 Å². The van der Waals surface area contributed by atoms with Gasteiger partial charge >= 0.3 is 0 Å². The third-order valence-corrected chi connectivity index (χ3v) is 4.57. The van der Waals surface area contributed by atoms with Crippen LogP contribution in [0.4, 0.5) is 0 Å². The Morgan fingerprint density at radius 3 is 2.14 bits per heavy atom. The summed E-state index contributed by atoms with van der Waals surface area (Å²) < 4.78 is 0. The van der Waals surface area contributed by atoms with E-state index in [1.165, 1.54) is 16.7 Å². The highest BCUT2D eigenvalue weighted by Gasteiger charge is 2.15. The number of nitriles is 2. The van der Waals surface area contributed by atoms with E-state index >= 15 is 0 Å². The van der Waals surface area contributed by atoms with Crippen LogP contribution in [0.5, 0.6) is 0 Å². The van der Waals surface area contributed by atoms with Gasteiger partial charge in [-0.3, -0.25) is 4.79 Å². The van der Waals surface area contributed by atoms with Crippen molar-refractivity contribution in [3.05, 3.63) is 28.2 Å². The van der Waals surface area contributed by atoms with E-state index in [0.717, 1.165) is 0 Å². The average Bonchev–Trinajstić information content (AvgIpc) is 2.46. The average molecular weight is 342 g/mol. The first-order chi connectivity index (χ1) is 10.1. The molecule has 0 atom stereocenters. The summed E-state index contributed by atoms with van der Waals surface area (Å²) in [6.07, 6.45) is 0.489. The van der Waals surface area contributed by atoms with Crippen molar-refractivity contribution < 1.29 is 4.79 Å². The standard InChI is InChI=1S/C14H13Cl2N3OS/c15-11-4-1-5-12(16)14(11)21-10-13(20)19(8-2-6-17)9-3-7-18/h1,4-5H,2-3,8-10H2. The quantitative estimate of drug-likeness (QED) is 0.708. The molecule has 4 nitrogen and oxygen atoms in total. The van der Waals surface area contributed by atoms with Crippen LogP contribution in [0.1, 0.15) is 12.8 Å². The van der Waals surface area contributed by atoms with E-state index in [0.29, 0.717) is 28.0 Å². The highest BCUT2D eigenvalue weighted by molar-refractivity contribution is 8.00. The van der Waals surface area contributed by atoms with Crippen LogP contribution >= 0.6 is 35.0 Å². The summed E-state index contributed by atoms with van der Waals surface area (Å²) >= 11 is 13.3. The van der Waals surface area contributed by atoms with E-state index in [2.05, 4.69) is 0 Å². The summed E-state index contributed by atoms with van der Waals surface area (Å²) in [5, 5.41) is 18.2. The molecule has 0 saturated carbocycles. The Hall–Kier alpha value is -1.40. The Labute approximate surface area is 138 Å². The van der Waals surface area contributed by atoms with Gasteiger partial charge in [0.05, 0.1) is 40.8 Å². The number of halogens is 2. The lowest BCUT2D eigenvalue weighted by Gasteiger charge is -2.20. The fourth-order valence-electron chi connectivity index (χ4n) is 1.58. The molecule has 1 aromatic carbocycles. The van der Waals surface area contributed by atoms with E-state index in [9.17, 15) is 4.79 Å². The monoisotopic (exact) mass is 341 g/mol. The molecule has 0 aliphatic carbocycles. The smallest absolute Gasteiger partial charge is 0.232 e. The lowest BCUT2D eigenvalue weighted by molar-refractivity contribution is -0.128. The predicted molar refractivity (Wildman–Crippen MR) is 84.2 cm³/mol. The predicted octanol–water partition coefficient (Wildman–Crippen LogP) is 3.74. The van der Waals surface area contributed by atoms with Crippen molar-refractivity contribution in [2.75, 3.05) is 18.8 Å². The summed E-state index contributed by atoms with van der Waals surface area (Å²) in [5.74, 6) is 0.0295. The van der Waals surface area contributed by atoms with Gasteiger partial charge in [0.1, 0.15) is 0 Å². The molecule has 0 aromatic heterocycles. The van der Waals surface area contributed by atoms with Gasteiger partial charge in [0, 0.05) is 18.0 Å². The molecule has 0 N–H and O–H groups in total. The summed E-state index contributed by atoms with van der Waals surface area (Å²) in [5.41, 5.74) is 0. The van der Waals surface area contributed by atoms with E-state index in [1.807, 2.05) is 12.1 Å². The molecule has 0 saturated heterocycles. The van der Waals surface area contributed by atoms with Gasteiger partial charge < -0.3 is 4.90 Å².